The van der Waals surface area contributed by atoms with Gasteiger partial charge >= 0.3 is 6.09 Å². The summed E-state index contributed by atoms with van der Waals surface area (Å²) in [6, 6.07) is 2.41. The van der Waals surface area contributed by atoms with Crippen LogP contribution < -0.4 is 10.1 Å². The van der Waals surface area contributed by atoms with Gasteiger partial charge in [0.05, 0.1) is 11.5 Å². The third-order valence-corrected chi connectivity index (χ3v) is 7.38. The predicted molar refractivity (Wildman–Crippen MR) is 124 cm³/mol. The minimum atomic E-state index is -0.493. The van der Waals surface area contributed by atoms with Gasteiger partial charge in [-0.1, -0.05) is 0 Å². The zero-order valence-corrected chi connectivity index (χ0v) is 20.0. The summed E-state index contributed by atoms with van der Waals surface area (Å²) in [5.41, 5.74) is 0.829. The number of rotatable bonds is 5. The Morgan fingerprint density at radius 1 is 1.25 bits per heavy atom. The number of aryl methyl sites for hydroxylation is 1. The van der Waals surface area contributed by atoms with Gasteiger partial charge in [-0.2, -0.15) is 5.26 Å². The van der Waals surface area contributed by atoms with Gasteiger partial charge in [0.25, 0.3) is 0 Å². The molecule has 4 rings (SSSR count). The van der Waals surface area contributed by atoms with Crippen LogP contribution in [0.25, 0.3) is 10.2 Å². The summed E-state index contributed by atoms with van der Waals surface area (Å²) in [4.78, 5) is 23.5. The molecular weight excluding hydrogens is 424 g/mol. The number of amides is 1. The van der Waals surface area contributed by atoms with Crippen LogP contribution in [-0.4, -0.2) is 33.8 Å². The molecule has 0 unspecified atom stereocenters. The number of alkyl carbamates (subject to hydrolysis) is 1. The number of ether oxygens (including phenoxy) is 2. The number of carbonyl (C=O) groups is 1. The molecule has 2 aromatic rings. The van der Waals surface area contributed by atoms with Crippen molar-refractivity contribution in [1.82, 2.24) is 15.3 Å². The molecule has 2 heterocycles. The van der Waals surface area contributed by atoms with Gasteiger partial charge in [0.15, 0.2) is 0 Å². The third-order valence-electron chi connectivity index (χ3n) is 6.21. The van der Waals surface area contributed by atoms with E-state index in [4.69, 9.17) is 14.7 Å². The molecule has 0 aliphatic heterocycles. The summed E-state index contributed by atoms with van der Waals surface area (Å²) in [5.74, 6) is 1.06. The summed E-state index contributed by atoms with van der Waals surface area (Å²) in [6.45, 7) is 5.61. The van der Waals surface area contributed by atoms with Gasteiger partial charge < -0.3 is 14.8 Å². The lowest BCUT2D eigenvalue weighted by Crippen LogP contribution is -2.42. The maximum Gasteiger partial charge on any atom is 0.407 e. The van der Waals surface area contributed by atoms with E-state index in [1.165, 1.54) is 10.4 Å². The lowest BCUT2D eigenvalue weighted by molar-refractivity contribution is 0.0470. The Hall–Kier alpha value is -2.40. The van der Waals surface area contributed by atoms with Gasteiger partial charge in [-0.15, -0.1) is 11.3 Å². The third kappa shape index (κ3) is 5.32. The summed E-state index contributed by atoms with van der Waals surface area (Å²) >= 11 is 1.75. The average molecular weight is 457 g/mol. The second kappa shape index (κ2) is 9.62. The van der Waals surface area contributed by atoms with E-state index in [0.29, 0.717) is 18.2 Å². The van der Waals surface area contributed by atoms with Crippen LogP contribution in [0.3, 0.4) is 0 Å². The van der Waals surface area contributed by atoms with Crippen LogP contribution >= 0.6 is 11.3 Å². The van der Waals surface area contributed by atoms with E-state index < -0.39 is 5.60 Å². The summed E-state index contributed by atoms with van der Waals surface area (Å²) in [5, 5.41) is 13.1. The number of hydrogen-bond donors (Lipinski definition) is 1. The second-order valence-corrected chi connectivity index (χ2v) is 10.9. The summed E-state index contributed by atoms with van der Waals surface area (Å²) < 4.78 is 11.8. The number of nitriles is 1. The molecule has 0 spiro atoms. The zero-order valence-electron chi connectivity index (χ0n) is 19.1. The van der Waals surface area contributed by atoms with Crippen LogP contribution in [0.1, 0.15) is 88.5 Å². The smallest absolute Gasteiger partial charge is 0.407 e. The van der Waals surface area contributed by atoms with Crippen molar-refractivity contribution in [2.24, 2.45) is 0 Å². The normalized spacial score (nSPS) is 23.2. The van der Waals surface area contributed by atoms with Crippen molar-refractivity contribution in [1.29, 1.82) is 5.26 Å². The fraction of sp³-hybridized carbons (Fsp3) is 0.667. The van der Waals surface area contributed by atoms with Gasteiger partial charge in [0, 0.05) is 17.3 Å². The highest BCUT2D eigenvalue weighted by Crippen LogP contribution is 2.46. The Morgan fingerprint density at radius 2 is 2.03 bits per heavy atom. The molecule has 1 fully saturated rings. The monoisotopic (exact) mass is 456 g/mol. The van der Waals surface area contributed by atoms with E-state index in [1.807, 2.05) is 20.8 Å². The number of fused-ring (bicyclic) bond motifs is 3. The average Bonchev–Trinajstić information content (AvgIpc) is 3.12. The molecule has 0 bridgehead atoms. The van der Waals surface area contributed by atoms with E-state index in [9.17, 15) is 4.79 Å². The highest BCUT2D eigenvalue weighted by Gasteiger charge is 2.30. The molecule has 1 amide bonds. The number of carbonyl (C=O) groups excluding carboxylic acids is 1. The van der Waals surface area contributed by atoms with Crippen molar-refractivity contribution in [3.05, 3.63) is 16.8 Å². The molecule has 8 heteroatoms. The van der Waals surface area contributed by atoms with Gasteiger partial charge in [0.1, 0.15) is 22.9 Å². The maximum atomic E-state index is 12.1. The van der Waals surface area contributed by atoms with Crippen molar-refractivity contribution in [2.45, 2.75) is 102 Å². The van der Waals surface area contributed by atoms with Gasteiger partial charge in [-0.3, -0.25) is 0 Å². The van der Waals surface area contributed by atoms with E-state index >= 15 is 0 Å². The highest BCUT2D eigenvalue weighted by molar-refractivity contribution is 7.18. The fourth-order valence-electron chi connectivity index (χ4n) is 4.82. The number of nitrogens with zero attached hydrogens (tertiary/aromatic N) is 3. The minimum absolute atomic E-state index is 0.0708. The first-order chi connectivity index (χ1) is 15.3. The van der Waals surface area contributed by atoms with Crippen molar-refractivity contribution < 1.29 is 14.3 Å². The molecule has 172 valence electrons. The number of thiophene rings is 1. The van der Waals surface area contributed by atoms with Crippen LogP contribution in [-0.2, 0) is 11.2 Å². The molecule has 1 atom stereocenters. The number of hydrogen-bond acceptors (Lipinski definition) is 7. The molecule has 1 saturated carbocycles. The molecule has 2 aliphatic rings. The Labute approximate surface area is 193 Å². The molecule has 0 aromatic carbocycles. The maximum absolute atomic E-state index is 12.1. The fourth-order valence-corrected chi connectivity index (χ4v) is 6.08. The van der Waals surface area contributed by atoms with Crippen molar-refractivity contribution >= 4 is 27.6 Å². The van der Waals surface area contributed by atoms with Crippen LogP contribution in [0, 0.1) is 11.3 Å². The van der Waals surface area contributed by atoms with E-state index in [0.717, 1.165) is 61.6 Å². The van der Waals surface area contributed by atoms with E-state index in [1.54, 1.807) is 17.7 Å². The summed E-state index contributed by atoms with van der Waals surface area (Å²) in [7, 11) is 0. The van der Waals surface area contributed by atoms with Crippen molar-refractivity contribution in [3.63, 3.8) is 0 Å². The second-order valence-electron chi connectivity index (χ2n) is 9.82. The number of aromatic nitrogens is 2. The van der Waals surface area contributed by atoms with Crippen LogP contribution in [0.5, 0.6) is 5.88 Å². The van der Waals surface area contributed by atoms with Gasteiger partial charge in [-0.05, 0) is 83.6 Å². The Kier molecular flexibility index (Phi) is 6.85. The Morgan fingerprint density at radius 3 is 2.75 bits per heavy atom. The van der Waals surface area contributed by atoms with Crippen LogP contribution in [0.2, 0.25) is 0 Å². The van der Waals surface area contributed by atoms with Gasteiger partial charge in [-0.25, -0.2) is 14.8 Å². The first-order valence-electron chi connectivity index (χ1n) is 11.6. The van der Waals surface area contributed by atoms with E-state index in [2.05, 4.69) is 21.4 Å². The minimum Gasteiger partial charge on any atom is -0.474 e. The summed E-state index contributed by atoms with van der Waals surface area (Å²) in [6.07, 6.45) is 9.52. The van der Waals surface area contributed by atoms with Crippen molar-refractivity contribution in [2.75, 3.05) is 0 Å². The largest absolute Gasteiger partial charge is 0.474 e. The molecular formula is C24H32N4O3S. The first kappa shape index (κ1) is 22.8. The molecule has 32 heavy (non-hydrogen) atoms. The van der Waals surface area contributed by atoms with Gasteiger partial charge in [0.2, 0.25) is 5.88 Å². The SMILES string of the molecule is CC(C)(C)OC(=O)NC1CCC(Oc2ncnc3sc4c(c23)[C@H](CCC#N)CCC4)CC1. The van der Waals surface area contributed by atoms with E-state index in [-0.39, 0.29) is 18.2 Å². The standard InChI is InChI=1S/C24H32N4O3S/c1-24(2,3)31-23(29)28-16-9-11-17(12-10-16)30-21-20-19-15(7-5-13-25)6-4-8-18(19)32-22(20)27-14-26-21/h14-17H,4-12H2,1-3H3,(H,28,29)/t15-,16?,17?/m0/s1. The first-order valence-corrected chi connectivity index (χ1v) is 12.4. The Bertz CT molecular complexity index is 999. The lowest BCUT2D eigenvalue weighted by atomic mass is 9.83. The topological polar surface area (TPSA) is 97.1 Å². The molecule has 1 N–H and O–H groups in total. The van der Waals surface area contributed by atoms with Crippen molar-refractivity contribution in [3.8, 4) is 11.9 Å². The van der Waals surface area contributed by atoms with Crippen LogP contribution in [0.15, 0.2) is 6.33 Å². The zero-order chi connectivity index (χ0) is 22.7. The lowest BCUT2D eigenvalue weighted by Gasteiger charge is -2.30. The number of nitrogens with one attached hydrogen (secondary N) is 1. The molecule has 0 saturated heterocycles. The van der Waals surface area contributed by atoms with Crippen LogP contribution in [0.4, 0.5) is 4.79 Å². The molecule has 0 radical (unpaired) electrons. The predicted octanol–water partition coefficient (Wildman–Crippen LogP) is 5.63. The Balaban J connectivity index is 1.44. The molecule has 7 nitrogen and oxygen atoms in total. The molecule has 2 aromatic heterocycles. The highest BCUT2D eigenvalue weighted by atomic mass is 32.1. The molecule has 2 aliphatic carbocycles. The quantitative estimate of drug-likeness (QED) is 0.626.